The van der Waals surface area contributed by atoms with Crippen LogP contribution in [0.15, 0.2) is 183 Å². The summed E-state index contributed by atoms with van der Waals surface area (Å²) in [7, 11) is 0. The molecule has 0 spiro atoms. The van der Waals surface area contributed by atoms with Crippen LogP contribution in [0.2, 0.25) is 0 Å². The number of hydrogen-bond donors (Lipinski definition) is 0. The first-order valence-electron chi connectivity index (χ1n) is 25.2. The van der Waals surface area contributed by atoms with E-state index in [4.69, 9.17) is 13.3 Å². The van der Waals surface area contributed by atoms with E-state index >= 15 is 0 Å². The lowest BCUT2D eigenvalue weighted by Crippen LogP contribution is -2.11. The molecule has 0 saturated heterocycles. The van der Waals surface area contributed by atoms with Gasteiger partial charge in [-0.25, -0.2) is 0 Å². The van der Waals surface area contributed by atoms with E-state index in [1.54, 1.807) is 0 Å². The van der Waals surface area contributed by atoms with Crippen LogP contribution < -0.4 is 9.80 Å². The highest BCUT2D eigenvalue weighted by molar-refractivity contribution is 6.23. The van der Waals surface area contributed by atoms with Gasteiger partial charge in [0.15, 0.2) is 11.2 Å². The van der Waals surface area contributed by atoms with Gasteiger partial charge in [0.2, 0.25) is 0 Å². The first-order valence-corrected chi connectivity index (χ1v) is 25.2. The van der Waals surface area contributed by atoms with Crippen LogP contribution in [0.4, 0.5) is 34.1 Å². The summed E-state index contributed by atoms with van der Waals surface area (Å²) < 4.78 is 21.3. The molecule has 0 atom stereocenters. The zero-order valence-electron chi connectivity index (χ0n) is 42.4. The third-order valence-electron chi connectivity index (χ3n) is 14.7. The number of anilines is 6. The Balaban J connectivity index is 1.08. The maximum Gasteiger partial charge on any atom is 0.159 e. The molecule has 0 radical (unpaired) electrons. The van der Waals surface area contributed by atoms with E-state index in [9.17, 15) is 0 Å². The Labute approximate surface area is 415 Å². The van der Waals surface area contributed by atoms with Crippen molar-refractivity contribution in [2.24, 2.45) is 0 Å². The predicted molar refractivity (Wildman–Crippen MR) is 301 cm³/mol. The number of furan rings is 3. The largest absolute Gasteiger partial charge is 0.456 e. The van der Waals surface area contributed by atoms with E-state index in [1.165, 1.54) is 22.3 Å². The average molecular weight is 929 g/mol. The molecule has 12 rings (SSSR count). The Bertz CT molecular complexity index is 4020. The highest BCUT2D eigenvalue weighted by atomic mass is 16.3. The molecule has 71 heavy (non-hydrogen) atoms. The van der Waals surface area contributed by atoms with Crippen molar-refractivity contribution < 1.29 is 13.3 Å². The van der Waals surface area contributed by atoms with Gasteiger partial charge in [-0.2, -0.15) is 0 Å². The summed E-state index contributed by atoms with van der Waals surface area (Å²) in [6, 6.07) is 61.7. The molecule has 0 aliphatic carbocycles. The van der Waals surface area contributed by atoms with Crippen LogP contribution in [0, 0.1) is 0 Å². The van der Waals surface area contributed by atoms with Gasteiger partial charge in [0, 0.05) is 72.3 Å². The molecule has 12 aromatic rings. The zero-order chi connectivity index (χ0) is 49.1. The lowest BCUT2D eigenvalue weighted by molar-refractivity contribution is 0.572. The topological polar surface area (TPSA) is 45.9 Å². The van der Waals surface area contributed by atoms with Crippen molar-refractivity contribution in [3.63, 3.8) is 0 Å². The molecule has 0 amide bonds. The molecular weight excluding hydrogens is 869 g/mol. The number of benzene rings is 9. The van der Waals surface area contributed by atoms with E-state index in [0.29, 0.717) is 11.8 Å². The SMILES string of the molecule is CC(C)c1ccc(N(c2ccc3c(c2)oc2cc(N(c4ccc(C(C)C)cc4)c4cccc5c4oc4c(C(C)(C)C)cccc45)c4ccccc4c23)c2cccc3c2oc2c(C(C)(C)C)cccc23)cc1. The van der Waals surface area contributed by atoms with Gasteiger partial charge < -0.3 is 23.1 Å². The van der Waals surface area contributed by atoms with E-state index in [2.05, 4.69) is 249 Å². The first-order chi connectivity index (χ1) is 34.1. The lowest BCUT2D eigenvalue weighted by atomic mass is 9.86. The predicted octanol–water partition coefficient (Wildman–Crippen LogP) is 20.3. The molecule has 0 bridgehead atoms. The van der Waals surface area contributed by atoms with Crippen LogP contribution in [0.25, 0.3) is 76.6 Å². The summed E-state index contributed by atoms with van der Waals surface area (Å²) in [6.07, 6.45) is 0. The van der Waals surface area contributed by atoms with E-state index in [-0.39, 0.29) is 10.8 Å². The molecule has 0 N–H and O–H groups in total. The summed E-state index contributed by atoms with van der Waals surface area (Å²) in [5.41, 5.74) is 15.9. The van der Waals surface area contributed by atoms with Gasteiger partial charge in [-0.15, -0.1) is 0 Å². The van der Waals surface area contributed by atoms with Crippen molar-refractivity contribution in [2.75, 3.05) is 9.80 Å². The van der Waals surface area contributed by atoms with Crippen molar-refractivity contribution in [1.29, 1.82) is 0 Å². The van der Waals surface area contributed by atoms with Crippen LogP contribution in [-0.4, -0.2) is 0 Å². The highest BCUT2D eigenvalue weighted by Gasteiger charge is 2.28. The molecule has 0 fully saturated rings. The molecule has 352 valence electrons. The molecule has 0 aliphatic rings. The molecule has 3 heterocycles. The van der Waals surface area contributed by atoms with Gasteiger partial charge in [0.25, 0.3) is 0 Å². The minimum atomic E-state index is -0.103. The fourth-order valence-electron chi connectivity index (χ4n) is 10.9. The summed E-state index contributed by atoms with van der Waals surface area (Å²) in [5.74, 6) is 0.801. The number of rotatable bonds is 8. The molecule has 0 saturated carbocycles. The first kappa shape index (κ1) is 44.4. The van der Waals surface area contributed by atoms with Crippen LogP contribution in [0.5, 0.6) is 0 Å². The third kappa shape index (κ3) is 7.27. The monoisotopic (exact) mass is 928 g/mol. The second-order valence-electron chi connectivity index (χ2n) is 22.1. The Morgan fingerprint density at radius 1 is 0.338 bits per heavy atom. The summed E-state index contributed by atoms with van der Waals surface area (Å²) in [5, 5.41) is 8.79. The molecule has 0 aliphatic heterocycles. The normalized spacial score (nSPS) is 12.6. The Hall–Kier alpha value is -7.76. The summed E-state index contributed by atoms with van der Waals surface area (Å²) >= 11 is 0. The minimum absolute atomic E-state index is 0.0946. The average Bonchev–Trinajstić information content (AvgIpc) is 4.06. The fourth-order valence-corrected chi connectivity index (χ4v) is 10.9. The smallest absolute Gasteiger partial charge is 0.159 e. The van der Waals surface area contributed by atoms with E-state index < -0.39 is 0 Å². The molecule has 5 nitrogen and oxygen atoms in total. The quantitative estimate of drug-likeness (QED) is 0.152. The molecule has 3 aromatic heterocycles. The maximum atomic E-state index is 7.16. The van der Waals surface area contributed by atoms with Gasteiger partial charge in [0.05, 0.1) is 22.7 Å². The zero-order valence-corrected chi connectivity index (χ0v) is 42.4. The summed E-state index contributed by atoms with van der Waals surface area (Å²) in [6.45, 7) is 22.5. The lowest BCUT2D eigenvalue weighted by Gasteiger charge is -2.27. The molecule has 0 unspecified atom stereocenters. The molecule has 9 aromatic carbocycles. The van der Waals surface area contributed by atoms with Gasteiger partial charge in [0.1, 0.15) is 22.3 Å². The van der Waals surface area contributed by atoms with Gasteiger partial charge in [-0.1, -0.05) is 178 Å². The van der Waals surface area contributed by atoms with Crippen molar-refractivity contribution in [3.05, 3.63) is 192 Å². The highest BCUT2D eigenvalue weighted by Crippen LogP contribution is 2.50. The third-order valence-corrected chi connectivity index (χ3v) is 14.7. The van der Waals surface area contributed by atoms with Crippen molar-refractivity contribution >= 4 is 111 Å². The number of para-hydroxylation sites is 4. The molecule has 5 heteroatoms. The van der Waals surface area contributed by atoms with Gasteiger partial charge in [-0.3, -0.25) is 0 Å². The fraction of sp³-hybridized carbons (Fsp3) is 0.212. The minimum Gasteiger partial charge on any atom is -0.456 e. The van der Waals surface area contributed by atoms with E-state index in [0.717, 1.165) is 111 Å². The number of nitrogens with zero attached hydrogens (tertiary/aromatic N) is 2. The van der Waals surface area contributed by atoms with Crippen LogP contribution in [0.3, 0.4) is 0 Å². The van der Waals surface area contributed by atoms with Crippen LogP contribution in [-0.2, 0) is 10.8 Å². The van der Waals surface area contributed by atoms with Crippen LogP contribution >= 0.6 is 0 Å². The second kappa shape index (κ2) is 16.4. The standard InChI is InChI=1S/C66H60N2O3/c1-39(2)41-27-31-43(32-28-41)67(55-25-15-21-50-48-19-13-23-53(65(5,6)7)61(48)70-63(50)55)45-35-36-52-58(37-45)69-59-38-57(46-17-11-12-18-47(46)60(52)59)68(44-33-29-42(30-34-44)40(3)4)56-26-16-22-51-49-20-14-24-54(66(8,9)10)62(49)71-64(51)56/h11-40H,1-10H3. The Kier molecular flexibility index (Phi) is 10.3. The van der Waals surface area contributed by atoms with Gasteiger partial charge >= 0.3 is 0 Å². The van der Waals surface area contributed by atoms with E-state index in [1.807, 2.05) is 0 Å². The molecular formula is C66H60N2O3. The summed E-state index contributed by atoms with van der Waals surface area (Å²) in [4.78, 5) is 4.69. The van der Waals surface area contributed by atoms with Crippen molar-refractivity contribution in [1.82, 2.24) is 0 Å². The van der Waals surface area contributed by atoms with Gasteiger partial charge in [-0.05, 0) is 87.7 Å². The van der Waals surface area contributed by atoms with Crippen molar-refractivity contribution in [2.45, 2.75) is 91.9 Å². The maximum absolute atomic E-state index is 7.16. The van der Waals surface area contributed by atoms with Crippen LogP contribution in [0.1, 0.15) is 103 Å². The number of fused-ring (bicyclic) bond motifs is 11. The Morgan fingerprint density at radius 3 is 1.28 bits per heavy atom. The number of hydrogen-bond acceptors (Lipinski definition) is 5. The Morgan fingerprint density at radius 2 is 0.775 bits per heavy atom. The van der Waals surface area contributed by atoms with Crippen molar-refractivity contribution in [3.8, 4) is 0 Å². The second-order valence-corrected chi connectivity index (χ2v) is 22.1.